The Morgan fingerprint density at radius 1 is 0.968 bits per heavy atom. The van der Waals surface area contributed by atoms with Gasteiger partial charge in [0, 0.05) is 32.4 Å². The van der Waals surface area contributed by atoms with Crippen molar-refractivity contribution in [3.63, 3.8) is 0 Å². The fourth-order valence-electron chi connectivity index (χ4n) is 4.69. The van der Waals surface area contributed by atoms with Crippen molar-refractivity contribution in [1.82, 2.24) is 18.7 Å². The van der Waals surface area contributed by atoms with Crippen molar-refractivity contribution in [2.24, 2.45) is 7.05 Å². The van der Waals surface area contributed by atoms with Crippen molar-refractivity contribution >= 4 is 22.8 Å². The molecule has 4 rings (SSSR count). The Kier molecular flexibility index (Phi) is 6.03. The van der Waals surface area contributed by atoms with E-state index in [1.807, 2.05) is 4.57 Å². The number of unbranched alkanes of at least 4 members (excludes halogenated alkanes) is 4. The number of aryl methyl sites for hydroxylation is 4. The van der Waals surface area contributed by atoms with Gasteiger partial charge in [0.2, 0.25) is 5.95 Å². The van der Waals surface area contributed by atoms with Gasteiger partial charge in [0.1, 0.15) is 0 Å². The van der Waals surface area contributed by atoms with Gasteiger partial charge in [-0.25, -0.2) is 4.79 Å². The van der Waals surface area contributed by atoms with Gasteiger partial charge in [-0.1, -0.05) is 38.7 Å². The molecule has 7 nitrogen and oxygen atoms in total. The molecule has 0 unspecified atom stereocenters. The van der Waals surface area contributed by atoms with Crippen molar-refractivity contribution in [3.05, 3.63) is 50.2 Å². The highest BCUT2D eigenvalue weighted by molar-refractivity contribution is 5.77. The van der Waals surface area contributed by atoms with Crippen LogP contribution in [0.25, 0.3) is 11.2 Å². The van der Waals surface area contributed by atoms with Gasteiger partial charge in [-0.2, -0.15) is 4.98 Å². The first-order valence-corrected chi connectivity index (χ1v) is 11.5. The summed E-state index contributed by atoms with van der Waals surface area (Å²) in [5, 5.41) is 0. The van der Waals surface area contributed by atoms with Gasteiger partial charge in [0.25, 0.3) is 5.56 Å². The van der Waals surface area contributed by atoms with E-state index in [0.29, 0.717) is 17.7 Å². The Morgan fingerprint density at radius 2 is 1.68 bits per heavy atom. The van der Waals surface area contributed by atoms with E-state index in [0.717, 1.165) is 50.4 Å². The molecule has 0 spiro atoms. The van der Waals surface area contributed by atoms with Crippen LogP contribution in [0.15, 0.2) is 27.8 Å². The van der Waals surface area contributed by atoms with Crippen LogP contribution in [0.4, 0.5) is 11.6 Å². The molecule has 0 saturated carbocycles. The van der Waals surface area contributed by atoms with Crippen LogP contribution in [0.1, 0.15) is 56.6 Å². The second-order valence-corrected chi connectivity index (χ2v) is 8.80. The van der Waals surface area contributed by atoms with Gasteiger partial charge in [0.05, 0.1) is 0 Å². The lowest BCUT2D eigenvalue weighted by atomic mass is 10.1. The predicted molar refractivity (Wildman–Crippen MR) is 126 cm³/mol. The minimum absolute atomic E-state index is 0.213. The number of aromatic nitrogens is 4. The molecule has 166 valence electrons. The molecule has 0 atom stereocenters. The summed E-state index contributed by atoms with van der Waals surface area (Å²) >= 11 is 0. The zero-order valence-corrected chi connectivity index (χ0v) is 19.1. The molecule has 0 bridgehead atoms. The summed E-state index contributed by atoms with van der Waals surface area (Å²) in [4.78, 5) is 33.3. The second kappa shape index (κ2) is 8.73. The molecule has 3 heterocycles. The van der Waals surface area contributed by atoms with Crippen LogP contribution in [-0.4, -0.2) is 25.2 Å². The van der Waals surface area contributed by atoms with Crippen molar-refractivity contribution in [3.8, 4) is 0 Å². The number of rotatable bonds is 7. The minimum Gasteiger partial charge on any atom is -0.312 e. The maximum absolute atomic E-state index is 13.4. The number of anilines is 2. The lowest BCUT2D eigenvalue weighted by Crippen LogP contribution is -2.40. The molecule has 0 aliphatic carbocycles. The zero-order chi connectivity index (χ0) is 22.1. The number of nitrogens with zero attached hydrogens (tertiary/aromatic N) is 5. The van der Waals surface area contributed by atoms with Gasteiger partial charge in [0.15, 0.2) is 11.2 Å². The summed E-state index contributed by atoms with van der Waals surface area (Å²) in [6, 6.07) is 6.45. The average Bonchev–Trinajstić information content (AvgIpc) is 3.13. The highest BCUT2D eigenvalue weighted by Gasteiger charge is 2.27. The highest BCUT2D eigenvalue weighted by atomic mass is 16.2. The molecule has 1 aromatic carbocycles. The molecule has 0 N–H and O–H groups in total. The monoisotopic (exact) mass is 423 g/mol. The number of hydrogen-bond donors (Lipinski definition) is 0. The minimum atomic E-state index is -0.276. The summed E-state index contributed by atoms with van der Waals surface area (Å²) in [7, 11) is 1.72. The Hall–Kier alpha value is -2.83. The van der Waals surface area contributed by atoms with Crippen LogP contribution >= 0.6 is 0 Å². The Morgan fingerprint density at radius 3 is 2.39 bits per heavy atom. The number of fused-ring (bicyclic) bond motifs is 3. The summed E-state index contributed by atoms with van der Waals surface area (Å²) in [6.45, 7) is 8.40. The third-order valence-electron chi connectivity index (χ3n) is 6.22. The topological polar surface area (TPSA) is 65.1 Å². The van der Waals surface area contributed by atoms with Gasteiger partial charge in [-0.15, -0.1) is 0 Å². The van der Waals surface area contributed by atoms with Crippen molar-refractivity contribution in [2.75, 3.05) is 11.4 Å². The van der Waals surface area contributed by atoms with E-state index < -0.39 is 0 Å². The van der Waals surface area contributed by atoms with Crippen LogP contribution in [-0.2, 0) is 20.1 Å². The smallest absolute Gasteiger partial charge is 0.312 e. The SMILES string of the molecule is CCCCCCCn1c(=O)c2c(nc3n2CCCN3c2cc(C)cc(C)c2)n(C)c1=O. The molecule has 0 saturated heterocycles. The van der Waals surface area contributed by atoms with Gasteiger partial charge in [-0.05, 0) is 49.9 Å². The molecule has 31 heavy (non-hydrogen) atoms. The highest BCUT2D eigenvalue weighted by Crippen LogP contribution is 2.32. The lowest BCUT2D eigenvalue weighted by Gasteiger charge is -2.29. The summed E-state index contributed by atoms with van der Waals surface area (Å²) in [5.41, 5.74) is 4.00. The van der Waals surface area contributed by atoms with E-state index >= 15 is 0 Å². The van der Waals surface area contributed by atoms with E-state index in [2.05, 4.69) is 43.9 Å². The molecule has 3 aromatic rings. The molecule has 0 radical (unpaired) electrons. The van der Waals surface area contributed by atoms with E-state index in [-0.39, 0.29) is 11.2 Å². The standard InChI is InChI=1S/C24H33N5O2/c1-5-6-7-8-9-11-29-22(30)20-21(26(4)24(29)31)25-23-27(12-10-13-28(20)23)19-15-17(2)14-18(3)16-19/h14-16H,5-13H2,1-4H3. The fraction of sp³-hybridized carbons (Fsp3) is 0.542. The van der Waals surface area contributed by atoms with Crippen LogP contribution in [0.3, 0.4) is 0 Å². The first kappa shape index (κ1) is 21.4. The summed E-state index contributed by atoms with van der Waals surface area (Å²) in [6.07, 6.45) is 6.30. The van der Waals surface area contributed by atoms with Crippen molar-refractivity contribution in [1.29, 1.82) is 0 Å². The van der Waals surface area contributed by atoms with Gasteiger partial charge >= 0.3 is 5.69 Å². The molecular formula is C24H33N5O2. The summed E-state index contributed by atoms with van der Waals surface area (Å²) in [5.74, 6) is 0.749. The van der Waals surface area contributed by atoms with Gasteiger partial charge < -0.3 is 9.47 Å². The van der Waals surface area contributed by atoms with E-state index in [1.54, 1.807) is 7.05 Å². The lowest BCUT2D eigenvalue weighted by molar-refractivity contribution is 0.529. The number of benzene rings is 1. The van der Waals surface area contributed by atoms with Crippen LogP contribution in [0, 0.1) is 13.8 Å². The Balaban J connectivity index is 1.79. The maximum atomic E-state index is 13.4. The molecule has 1 aliphatic heterocycles. The first-order valence-electron chi connectivity index (χ1n) is 11.5. The Bertz CT molecular complexity index is 1200. The van der Waals surface area contributed by atoms with E-state index in [1.165, 1.54) is 33.1 Å². The third kappa shape index (κ3) is 3.93. The quantitative estimate of drug-likeness (QED) is 0.538. The van der Waals surface area contributed by atoms with Crippen LogP contribution in [0.5, 0.6) is 0 Å². The Labute approximate surface area is 182 Å². The van der Waals surface area contributed by atoms with E-state index in [9.17, 15) is 9.59 Å². The number of hydrogen-bond acceptors (Lipinski definition) is 4. The predicted octanol–water partition coefficient (Wildman–Crippen LogP) is 4.03. The van der Waals surface area contributed by atoms with Crippen LogP contribution in [0.2, 0.25) is 0 Å². The molecule has 0 fully saturated rings. The van der Waals surface area contributed by atoms with Crippen LogP contribution < -0.4 is 16.1 Å². The maximum Gasteiger partial charge on any atom is 0.332 e. The molecule has 0 amide bonds. The van der Waals surface area contributed by atoms with Crippen molar-refractivity contribution < 1.29 is 0 Å². The normalized spacial score (nSPS) is 13.7. The third-order valence-corrected chi connectivity index (χ3v) is 6.22. The zero-order valence-electron chi connectivity index (χ0n) is 19.1. The van der Waals surface area contributed by atoms with Crippen molar-refractivity contribution in [2.45, 2.75) is 72.4 Å². The summed E-state index contributed by atoms with van der Waals surface area (Å²) < 4.78 is 4.94. The fourth-order valence-corrected chi connectivity index (χ4v) is 4.69. The molecule has 1 aliphatic rings. The molecular weight excluding hydrogens is 390 g/mol. The first-order chi connectivity index (χ1) is 14.9. The molecule has 2 aromatic heterocycles. The van der Waals surface area contributed by atoms with E-state index in [4.69, 9.17) is 4.98 Å². The number of imidazole rings is 1. The average molecular weight is 424 g/mol. The molecule has 7 heteroatoms. The van der Waals surface area contributed by atoms with Gasteiger partial charge in [-0.3, -0.25) is 13.9 Å². The second-order valence-electron chi connectivity index (χ2n) is 8.80. The largest absolute Gasteiger partial charge is 0.332 e.